The van der Waals surface area contributed by atoms with Crippen LogP contribution in [0.2, 0.25) is 0 Å². The molecule has 0 spiro atoms. The Bertz CT molecular complexity index is 319. The van der Waals surface area contributed by atoms with Crippen LogP contribution in [0.15, 0.2) is 24.3 Å². The van der Waals surface area contributed by atoms with Crippen molar-refractivity contribution < 1.29 is 9.13 Å². The minimum atomic E-state index is -0.568. The van der Waals surface area contributed by atoms with Crippen molar-refractivity contribution in [3.05, 3.63) is 30.1 Å². The van der Waals surface area contributed by atoms with E-state index < -0.39 is 19.8 Å². The topological polar surface area (TPSA) is 9.23 Å². The Kier molecular flexibility index (Phi) is 5.55. The second-order valence-electron chi connectivity index (χ2n) is 4.35. The fraction of sp³-hybridized carbons (Fsp3) is 0.571. The van der Waals surface area contributed by atoms with E-state index in [0.717, 1.165) is 12.4 Å². The normalized spacial score (nSPS) is 18.1. The SMILES string of the molecule is Fc1ccc(OCCCI2CCCCC2)cc1. The molecular formula is C14H20FIO. The van der Waals surface area contributed by atoms with E-state index in [0.29, 0.717) is 0 Å². The molecule has 0 bridgehead atoms. The molecule has 2 rings (SSSR count). The number of benzene rings is 1. The summed E-state index contributed by atoms with van der Waals surface area (Å²) in [6, 6.07) is 6.31. The van der Waals surface area contributed by atoms with Crippen molar-refractivity contribution in [1.29, 1.82) is 0 Å². The summed E-state index contributed by atoms with van der Waals surface area (Å²) in [5.41, 5.74) is 0. The van der Waals surface area contributed by atoms with Crippen molar-refractivity contribution in [3.63, 3.8) is 0 Å². The molecule has 0 amide bonds. The standard InChI is InChI=1S/C14H20FIO/c15-13-5-7-14(8-6-13)17-12-4-11-16-9-2-1-3-10-16/h5-8H,1-4,9-12H2. The molecule has 0 saturated carbocycles. The minimum absolute atomic E-state index is 0.201. The molecule has 0 radical (unpaired) electrons. The predicted octanol–water partition coefficient (Wildman–Crippen LogP) is 4.28. The van der Waals surface area contributed by atoms with Crippen LogP contribution in [-0.2, 0) is 0 Å². The van der Waals surface area contributed by atoms with Gasteiger partial charge in [0.15, 0.2) is 0 Å². The van der Waals surface area contributed by atoms with Crippen molar-refractivity contribution in [2.75, 3.05) is 19.9 Å². The van der Waals surface area contributed by atoms with Gasteiger partial charge in [-0.2, -0.15) is 0 Å². The van der Waals surface area contributed by atoms with E-state index in [9.17, 15) is 4.39 Å². The predicted molar refractivity (Wildman–Crippen MR) is 79.0 cm³/mol. The van der Waals surface area contributed by atoms with Crippen LogP contribution in [0.25, 0.3) is 0 Å². The van der Waals surface area contributed by atoms with E-state index >= 15 is 0 Å². The van der Waals surface area contributed by atoms with Gasteiger partial charge in [0.2, 0.25) is 0 Å². The number of ether oxygens (including phenoxy) is 1. The van der Waals surface area contributed by atoms with Crippen LogP contribution in [0, 0.1) is 5.82 Å². The van der Waals surface area contributed by atoms with Gasteiger partial charge in [0, 0.05) is 0 Å². The van der Waals surface area contributed by atoms with Crippen LogP contribution in [-0.4, -0.2) is 19.9 Å². The Morgan fingerprint density at radius 1 is 1.06 bits per heavy atom. The van der Waals surface area contributed by atoms with Gasteiger partial charge in [0.25, 0.3) is 0 Å². The number of alkyl halides is 3. The molecule has 0 aromatic heterocycles. The van der Waals surface area contributed by atoms with Gasteiger partial charge in [-0.3, -0.25) is 0 Å². The second kappa shape index (κ2) is 7.19. The van der Waals surface area contributed by atoms with Crippen molar-refractivity contribution >= 4 is 19.8 Å². The molecule has 1 aromatic rings. The zero-order valence-electron chi connectivity index (χ0n) is 10.1. The Balaban J connectivity index is 1.60. The fourth-order valence-corrected chi connectivity index (χ4v) is 8.24. The summed E-state index contributed by atoms with van der Waals surface area (Å²) in [5.74, 6) is 0.590. The summed E-state index contributed by atoms with van der Waals surface area (Å²) in [6.45, 7) is 0.791. The van der Waals surface area contributed by atoms with Crippen LogP contribution in [0.1, 0.15) is 25.7 Å². The van der Waals surface area contributed by atoms with Crippen LogP contribution < -0.4 is 4.74 Å². The fourth-order valence-electron chi connectivity index (χ4n) is 1.99. The molecule has 1 aromatic carbocycles. The molecule has 1 heterocycles. The third kappa shape index (κ3) is 4.82. The summed E-state index contributed by atoms with van der Waals surface area (Å²) in [4.78, 5) is 0. The number of hydrogen-bond acceptors (Lipinski definition) is 1. The average molecular weight is 350 g/mol. The van der Waals surface area contributed by atoms with Gasteiger partial charge in [0.1, 0.15) is 0 Å². The molecule has 1 aliphatic rings. The van der Waals surface area contributed by atoms with Crippen LogP contribution in [0.3, 0.4) is 0 Å². The molecule has 0 unspecified atom stereocenters. The summed E-state index contributed by atoms with van der Waals surface area (Å²) in [6.07, 6.45) is 5.59. The summed E-state index contributed by atoms with van der Waals surface area (Å²) in [7, 11) is 0. The molecule has 1 aliphatic heterocycles. The second-order valence-corrected chi connectivity index (χ2v) is 10.8. The summed E-state index contributed by atoms with van der Waals surface area (Å²) >= 11 is -0.568. The van der Waals surface area contributed by atoms with Gasteiger partial charge in [0.05, 0.1) is 0 Å². The van der Waals surface area contributed by atoms with Crippen LogP contribution >= 0.6 is 19.8 Å². The molecule has 1 saturated heterocycles. The first kappa shape index (κ1) is 13.1. The molecule has 1 fully saturated rings. The van der Waals surface area contributed by atoms with Crippen LogP contribution in [0.4, 0.5) is 4.39 Å². The summed E-state index contributed by atoms with van der Waals surface area (Å²) < 4.78 is 22.8. The van der Waals surface area contributed by atoms with Gasteiger partial charge in [-0.25, -0.2) is 0 Å². The molecule has 3 heteroatoms. The first-order valence-corrected chi connectivity index (χ1v) is 10.9. The van der Waals surface area contributed by atoms with Crippen LogP contribution in [0.5, 0.6) is 5.75 Å². The quantitative estimate of drug-likeness (QED) is 0.437. The Morgan fingerprint density at radius 2 is 1.76 bits per heavy atom. The Morgan fingerprint density at radius 3 is 2.47 bits per heavy atom. The van der Waals surface area contributed by atoms with E-state index in [-0.39, 0.29) is 5.82 Å². The average Bonchev–Trinajstić information content (AvgIpc) is 2.38. The van der Waals surface area contributed by atoms with E-state index in [1.807, 2.05) is 0 Å². The van der Waals surface area contributed by atoms with E-state index in [2.05, 4.69) is 0 Å². The van der Waals surface area contributed by atoms with Gasteiger partial charge < -0.3 is 0 Å². The summed E-state index contributed by atoms with van der Waals surface area (Å²) in [5, 5.41) is 0. The third-order valence-electron chi connectivity index (χ3n) is 2.93. The van der Waals surface area contributed by atoms with Gasteiger partial charge >= 0.3 is 110 Å². The first-order valence-electron chi connectivity index (χ1n) is 6.30. The van der Waals surface area contributed by atoms with Gasteiger partial charge in [-0.15, -0.1) is 0 Å². The van der Waals surface area contributed by atoms with Gasteiger partial charge in [-0.05, 0) is 0 Å². The zero-order chi connectivity index (χ0) is 11.9. The van der Waals surface area contributed by atoms with E-state index in [1.54, 1.807) is 21.0 Å². The van der Waals surface area contributed by atoms with E-state index in [1.165, 1.54) is 42.2 Å². The molecular weight excluding hydrogens is 330 g/mol. The monoisotopic (exact) mass is 350 g/mol. The van der Waals surface area contributed by atoms with Gasteiger partial charge in [-0.1, -0.05) is 0 Å². The van der Waals surface area contributed by atoms with Crippen molar-refractivity contribution in [2.24, 2.45) is 0 Å². The zero-order valence-corrected chi connectivity index (χ0v) is 12.3. The molecule has 0 N–H and O–H groups in total. The van der Waals surface area contributed by atoms with E-state index in [4.69, 9.17) is 4.74 Å². The third-order valence-corrected chi connectivity index (χ3v) is 9.79. The molecule has 96 valence electrons. The molecule has 17 heavy (non-hydrogen) atoms. The maximum absolute atomic E-state index is 12.7. The molecule has 0 atom stereocenters. The van der Waals surface area contributed by atoms with Crippen molar-refractivity contribution in [3.8, 4) is 5.75 Å². The Labute approximate surface area is 110 Å². The van der Waals surface area contributed by atoms with Crippen molar-refractivity contribution in [1.82, 2.24) is 0 Å². The molecule has 1 nitrogen and oxygen atoms in total. The number of rotatable bonds is 5. The maximum atomic E-state index is 12.7. The Hall–Kier alpha value is -0.320. The first-order chi connectivity index (χ1) is 8.34. The molecule has 0 aliphatic carbocycles. The number of halogens is 2. The number of hydrogen-bond donors (Lipinski definition) is 0. The van der Waals surface area contributed by atoms with Crippen molar-refractivity contribution in [2.45, 2.75) is 25.7 Å².